The molecule has 1 unspecified atom stereocenters. The summed E-state index contributed by atoms with van der Waals surface area (Å²) >= 11 is 0. The molecule has 0 bridgehead atoms. The molecule has 0 aliphatic rings. The van der Waals surface area contributed by atoms with Gasteiger partial charge in [0, 0.05) is 5.56 Å². The van der Waals surface area contributed by atoms with Crippen LogP contribution in [0.2, 0.25) is 0 Å². The van der Waals surface area contributed by atoms with Gasteiger partial charge in [-0.3, -0.25) is 4.79 Å². The van der Waals surface area contributed by atoms with Crippen LogP contribution in [0, 0.1) is 0 Å². The fourth-order valence-corrected chi connectivity index (χ4v) is 1.77. The molecule has 19 heavy (non-hydrogen) atoms. The summed E-state index contributed by atoms with van der Waals surface area (Å²) in [6.07, 6.45) is 0. The van der Waals surface area contributed by atoms with Gasteiger partial charge in [0.2, 0.25) is 0 Å². The van der Waals surface area contributed by atoms with Gasteiger partial charge in [0.15, 0.2) is 6.54 Å². The molecular formula is C14H20N2O3. The Balaban J connectivity index is 2.53. The summed E-state index contributed by atoms with van der Waals surface area (Å²) in [5.41, 5.74) is 1.15. The third kappa shape index (κ3) is 6.01. The predicted molar refractivity (Wildman–Crippen MR) is 69.1 cm³/mol. The second kappa shape index (κ2) is 7.53. The van der Waals surface area contributed by atoms with E-state index in [1.165, 1.54) is 0 Å². The highest BCUT2D eigenvalue weighted by molar-refractivity contribution is 5.81. The molecular weight excluding hydrogens is 244 g/mol. The van der Waals surface area contributed by atoms with E-state index in [9.17, 15) is 14.7 Å². The maximum Gasteiger partial charge on any atom is 0.275 e. The van der Waals surface area contributed by atoms with E-state index >= 15 is 0 Å². The lowest BCUT2D eigenvalue weighted by molar-refractivity contribution is -0.927. The highest BCUT2D eigenvalue weighted by atomic mass is 16.4. The van der Waals surface area contributed by atoms with Crippen LogP contribution in [0.5, 0.6) is 0 Å². The van der Waals surface area contributed by atoms with Crippen molar-refractivity contribution in [1.82, 2.24) is 5.32 Å². The Kier molecular flexibility index (Phi) is 6.02. The number of quaternary nitrogens is 1. The molecule has 0 aliphatic carbocycles. The Morgan fingerprint density at radius 3 is 2.42 bits per heavy atom. The Morgan fingerprint density at radius 2 is 1.89 bits per heavy atom. The van der Waals surface area contributed by atoms with E-state index in [0.29, 0.717) is 0 Å². The van der Waals surface area contributed by atoms with Gasteiger partial charge >= 0.3 is 0 Å². The number of hydrogen-bond donors (Lipinski definition) is 2. The second-order valence-electron chi connectivity index (χ2n) is 4.80. The van der Waals surface area contributed by atoms with Gasteiger partial charge in [-0.1, -0.05) is 30.3 Å². The Bertz CT molecular complexity index is 418. The molecule has 1 aromatic carbocycles. The zero-order chi connectivity index (χ0) is 14.3. The molecule has 0 saturated carbocycles. The van der Waals surface area contributed by atoms with Crippen molar-refractivity contribution < 1.29 is 19.6 Å². The molecule has 0 saturated heterocycles. The van der Waals surface area contributed by atoms with E-state index in [1.807, 2.05) is 44.2 Å². The first-order valence-corrected chi connectivity index (χ1v) is 6.34. The lowest BCUT2D eigenvalue weighted by atomic mass is 10.2. The molecule has 0 aromatic heterocycles. The Labute approximate surface area is 113 Å². The average Bonchev–Trinajstić information content (AvgIpc) is 2.36. The first-order chi connectivity index (χ1) is 8.99. The van der Waals surface area contributed by atoms with Crippen molar-refractivity contribution >= 4 is 11.9 Å². The topological polar surface area (TPSA) is 73.7 Å². The van der Waals surface area contributed by atoms with Crippen molar-refractivity contribution in [3.8, 4) is 0 Å². The molecule has 2 N–H and O–H groups in total. The van der Waals surface area contributed by atoms with Crippen LogP contribution in [0.25, 0.3) is 0 Å². The minimum Gasteiger partial charge on any atom is -0.548 e. The van der Waals surface area contributed by atoms with E-state index < -0.39 is 12.5 Å². The standard InChI is InChI=1S/C14H20N2O3/c1-11(2)16(9-12-6-4-3-5-7-12)10-13(17)15-8-14(18)19/h3-7,11H,8-10H2,1-2H3,(H,15,17)(H,18,19). The number of carbonyl (C=O) groups is 2. The van der Waals surface area contributed by atoms with Gasteiger partial charge in [0.1, 0.15) is 6.54 Å². The van der Waals surface area contributed by atoms with Crippen molar-refractivity contribution in [2.24, 2.45) is 0 Å². The summed E-state index contributed by atoms with van der Waals surface area (Å²) in [5, 5.41) is 12.6. The van der Waals surface area contributed by atoms with E-state index in [2.05, 4.69) is 5.32 Å². The number of carboxylic acid groups (broad SMARTS) is 1. The molecule has 1 rings (SSSR count). The number of amides is 1. The van der Waals surface area contributed by atoms with Crippen LogP contribution in [-0.4, -0.2) is 31.0 Å². The van der Waals surface area contributed by atoms with Crippen LogP contribution >= 0.6 is 0 Å². The third-order valence-corrected chi connectivity index (χ3v) is 2.91. The van der Waals surface area contributed by atoms with Crippen LogP contribution in [-0.2, 0) is 16.1 Å². The van der Waals surface area contributed by atoms with Crippen molar-refractivity contribution in [3.05, 3.63) is 35.9 Å². The smallest absolute Gasteiger partial charge is 0.275 e. The molecule has 1 amide bonds. The molecule has 5 nitrogen and oxygen atoms in total. The normalized spacial score (nSPS) is 12.2. The number of nitrogens with one attached hydrogen (secondary N) is 2. The fourth-order valence-electron chi connectivity index (χ4n) is 1.77. The number of carbonyl (C=O) groups excluding carboxylic acids is 2. The molecule has 0 spiro atoms. The molecule has 104 valence electrons. The zero-order valence-corrected chi connectivity index (χ0v) is 11.3. The lowest BCUT2D eigenvalue weighted by Crippen LogP contribution is -3.14. The van der Waals surface area contributed by atoms with Crippen LogP contribution in [0.15, 0.2) is 30.3 Å². The van der Waals surface area contributed by atoms with Crippen molar-refractivity contribution in [3.63, 3.8) is 0 Å². The van der Waals surface area contributed by atoms with Gasteiger partial charge < -0.3 is 20.1 Å². The van der Waals surface area contributed by atoms with Gasteiger partial charge in [0.25, 0.3) is 5.91 Å². The highest BCUT2D eigenvalue weighted by Crippen LogP contribution is 1.95. The predicted octanol–water partition coefficient (Wildman–Crippen LogP) is -1.65. The lowest BCUT2D eigenvalue weighted by Gasteiger charge is -2.23. The second-order valence-corrected chi connectivity index (χ2v) is 4.80. The SMILES string of the molecule is CC(C)[NH+](CC(=O)NCC(=O)[O-])Cc1ccccc1. The van der Waals surface area contributed by atoms with E-state index in [4.69, 9.17) is 0 Å². The van der Waals surface area contributed by atoms with E-state index in [-0.39, 0.29) is 18.5 Å². The summed E-state index contributed by atoms with van der Waals surface area (Å²) < 4.78 is 0. The van der Waals surface area contributed by atoms with Gasteiger partial charge in [0.05, 0.1) is 18.6 Å². The van der Waals surface area contributed by atoms with Crippen molar-refractivity contribution in [2.75, 3.05) is 13.1 Å². The molecule has 5 heteroatoms. The monoisotopic (exact) mass is 264 g/mol. The largest absolute Gasteiger partial charge is 0.548 e. The Morgan fingerprint density at radius 1 is 1.26 bits per heavy atom. The number of carboxylic acids is 1. The van der Waals surface area contributed by atoms with Gasteiger partial charge in [-0.2, -0.15) is 0 Å². The summed E-state index contributed by atoms with van der Waals surface area (Å²) in [4.78, 5) is 23.0. The maximum atomic E-state index is 11.6. The van der Waals surface area contributed by atoms with Crippen LogP contribution < -0.4 is 15.3 Å². The molecule has 1 aromatic rings. The summed E-state index contributed by atoms with van der Waals surface area (Å²) in [6, 6.07) is 10.2. The molecule has 1 atom stereocenters. The quantitative estimate of drug-likeness (QED) is 0.619. The Hall–Kier alpha value is -1.88. The fraction of sp³-hybridized carbons (Fsp3) is 0.429. The number of hydrogen-bond acceptors (Lipinski definition) is 3. The summed E-state index contributed by atoms with van der Waals surface area (Å²) in [7, 11) is 0. The highest BCUT2D eigenvalue weighted by Gasteiger charge is 2.17. The van der Waals surface area contributed by atoms with E-state index in [1.54, 1.807) is 0 Å². The summed E-state index contributed by atoms with van der Waals surface area (Å²) in [5.74, 6) is -1.55. The van der Waals surface area contributed by atoms with E-state index in [0.717, 1.165) is 17.0 Å². The zero-order valence-electron chi connectivity index (χ0n) is 11.3. The minimum atomic E-state index is -1.28. The van der Waals surface area contributed by atoms with Crippen LogP contribution in [0.1, 0.15) is 19.4 Å². The van der Waals surface area contributed by atoms with Crippen LogP contribution in [0.3, 0.4) is 0 Å². The number of rotatable bonds is 7. The van der Waals surface area contributed by atoms with Gasteiger partial charge in [-0.15, -0.1) is 0 Å². The molecule has 0 heterocycles. The summed E-state index contributed by atoms with van der Waals surface area (Å²) in [6.45, 7) is 4.61. The van der Waals surface area contributed by atoms with Crippen molar-refractivity contribution in [2.45, 2.75) is 26.4 Å². The van der Waals surface area contributed by atoms with Crippen LogP contribution in [0.4, 0.5) is 0 Å². The number of benzene rings is 1. The first-order valence-electron chi connectivity index (χ1n) is 6.34. The molecule has 0 fully saturated rings. The molecule has 0 aliphatic heterocycles. The minimum absolute atomic E-state index is 0.250. The average molecular weight is 264 g/mol. The first kappa shape index (κ1) is 15.2. The van der Waals surface area contributed by atoms with Gasteiger partial charge in [-0.05, 0) is 13.8 Å². The third-order valence-electron chi connectivity index (χ3n) is 2.91. The maximum absolute atomic E-state index is 11.6. The van der Waals surface area contributed by atoms with Crippen molar-refractivity contribution in [1.29, 1.82) is 0 Å². The van der Waals surface area contributed by atoms with Gasteiger partial charge in [-0.25, -0.2) is 0 Å². The number of aliphatic carboxylic acids is 1. The molecule has 0 radical (unpaired) electrons.